The van der Waals surface area contributed by atoms with Gasteiger partial charge in [-0.25, -0.2) is 9.38 Å². The highest BCUT2D eigenvalue weighted by Crippen LogP contribution is 2.17. The van der Waals surface area contributed by atoms with Crippen LogP contribution in [0, 0.1) is 5.82 Å². The molecule has 0 aliphatic heterocycles. The smallest absolute Gasteiger partial charge is 0.191 e. The van der Waals surface area contributed by atoms with Crippen molar-refractivity contribution in [3.05, 3.63) is 35.6 Å². The molecule has 1 aromatic rings. The number of nitrogens with zero attached hydrogens (tertiary/aromatic N) is 1. The van der Waals surface area contributed by atoms with Crippen molar-refractivity contribution in [3.63, 3.8) is 0 Å². The zero-order valence-corrected chi connectivity index (χ0v) is 11.5. The lowest BCUT2D eigenvalue weighted by Gasteiger charge is -2.16. The van der Waals surface area contributed by atoms with Gasteiger partial charge >= 0.3 is 0 Å². The number of hydrogen-bond donors (Lipinski definition) is 2. The largest absolute Gasteiger partial charge is 0.357 e. The van der Waals surface area contributed by atoms with Crippen molar-refractivity contribution in [1.29, 1.82) is 0 Å². The Bertz CT molecular complexity index is 425. The number of aliphatic imine (C=N–C) groups is 1. The van der Waals surface area contributed by atoms with Gasteiger partial charge in [0.1, 0.15) is 5.82 Å². The molecule has 1 aliphatic rings. The Kier molecular flexibility index (Phi) is 5.19. The van der Waals surface area contributed by atoms with Crippen LogP contribution in [0.4, 0.5) is 4.39 Å². The first-order valence-corrected chi connectivity index (χ1v) is 7.08. The highest BCUT2D eigenvalue weighted by molar-refractivity contribution is 5.80. The molecule has 0 aromatic heterocycles. The van der Waals surface area contributed by atoms with E-state index in [4.69, 9.17) is 0 Å². The molecule has 1 aromatic carbocycles. The average Bonchev–Trinajstić information content (AvgIpc) is 2.91. The first-order chi connectivity index (χ1) is 9.29. The summed E-state index contributed by atoms with van der Waals surface area (Å²) >= 11 is 0. The summed E-state index contributed by atoms with van der Waals surface area (Å²) in [5.41, 5.74) is 0.631. The zero-order chi connectivity index (χ0) is 13.5. The van der Waals surface area contributed by atoms with Gasteiger partial charge in [-0.05, 0) is 25.8 Å². The molecule has 0 unspecified atom stereocenters. The minimum Gasteiger partial charge on any atom is -0.357 e. The number of benzene rings is 1. The second kappa shape index (κ2) is 7.12. The molecule has 0 bridgehead atoms. The molecule has 0 saturated heterocycles. The van der Waals surface area contributed by atoms with Crippen molar-refractivity contribution in [2.75, 3.05) is 6.54 Å². The lowest BCUT2D eigenvalue weighted by atomic mass is 10.2. The van der Waals surface area contributed by atoms with Gasteiger partial charge in [-0.2, -0.15) is 0 Å². The van der Waals surface area contributed by atoms with Crippen molar-refractivity contribution in [1.82, 2.24) is 10.6 Å². The van der Waals surface area contributed by atoms with Gasteiger partial charge in [-0.15, -0.1) is 0 Å². The molecule has 1 aliphatic carbocycles. The Balaban J connectivity index is 1.97. The van der Waals surface area contributed by atoms with Crippen LogP contribution in [0.3, 0.4) is 0 Å². The quantitative estimate of drug-likeness (QED) is 0.647. The predicted molar refractivity (Wildman–Crippen MR) is 76.6 cm³/mol. The molecule has 2 N–H and O–H groups in total. The number of hydrogen-bond acceptors (Lipinski definition) is 1. The number of guanidine groups is 1. The predicted octanol–water partition coefficient (Wildman–Crippen LogP) is 2.82. The summed E-state index contributed by atoms with van der Waals surface area (Å²) in [5.74, 6) is 0.598. The zero-order valence-electron chi connectivity index (χ0n) is 11.5. The van der Waals surface area contributed by atoms with Crippen LogP contribution in [0.25, 0.3) is 0 Å². The minimum atomic E-state index is -0.192. The van der Waals surface area contributed by atoms with Gasteiger partial charge in [0.25, 0.3) is 0 Å². The Morgan fingerprint density at radius 1 is 1.32 bits per heavy atom. The molecule has 0 amide bonds. The summed E-state index contributed by atoms with van der Waals surface area (Å²) in [6.45, 7) is 3.22. The molecular weight excluding hydrogens is 241 g/mol. The maximum atomic E-state index is 13.5. The van der Waals surface area contributed by atoms with Gasteiger partial charge < -0.3 is 10.6 Å². The van der Waals surface area contributed by atoms with Crippen LogP contribution in [-0.2, 0) is 6.54 Å². The third-order valence-electron chi connectivity index (χ3n) is 3.41. The molecule has 19 heavy (non-hydrogen) atoms. The summed E-state index contributed by atoms with van der Waals surface area (Å²) in [6.07, 6.45) is 4.96. The van der Waals surface area contributed by atoms with Crippen LogP contribution in [0.2, 0.25) is 0 Å². The SMILES string of the molecule is CCNC(=NCc1ccccc1F)NC1CCCC1. The van der Waals surface area contributed by atoms with Crippen LogP contribution in [0.15, 0.2) is 29.3 Å². The molecule has 0 spiro atoms. The fourth-order valence-electron chi connectivity index (χ4n) is 2.37. The van der Waals surface area contributed by atoms with Gasteiger partial charge in [0, 0.05) is 18.2 Å². The molecule has 3 nitrogen and oxygen atoms in total. The third-order valence-corrected chi connectivity index (χ3v) is 3.41. The summed E-state index contributed by atoms with van der Waals surface area (Å²) < 4.78 is 13.5. The summed E-state index contributed by atoms with van der Waals surface area (Å²) in [7, 11) is 0. The Morgan fingerprint density at radius 2 is 2.05 bits per heavy atom. The topological polar surface area (TPSA) is 36.4 Å². The van der Waals surface area contributed by atoms with E-state index in [1.165, 1.54) is 31.7 Å². The van der Waals surface area contributed by atoms with E-state index in [0.717, 1.165) is 12.5 Å². The summed E-state index contributed by atoms with van der Waals surface area (Å²) in [4.78, 5) is 4.46. The summed E-state index contributed by atoms with van der Waals surface area (Å²) in [6, 6.07) is 7.30. The molecule has 4 heteroatoms. The number of rotatable bonds is 4. The second-order valence-corrected chi connectivity index (χ2v) is 4.91. The average molecular weight is 263 g/mol. The molecule has 0 atom stereocenters. The van der Waals surface area contributed by atoms with Crippen LogP contribution in [0.5, 0.6) is 0 Å². The van der Waals surface area contributed by atoms with E-state index in [1.54, 1.807) is 12.1 Å². The third kappa shape index (κ3) is 4.23. The van der Waals surface area contributed by atoms with E-state index in [2.05, 4.69) is 15.6 Å². The number of nitrogens with one attached hydrogen (secondary N) is 2. The Hall–Kier alpha value is -1.58. The maximum absolute atomic E-state index is 13.5. The highest BCUT2D eigenvalue weighted by atomic mass is 19.1. The van der Waals surface area contributed by atoms with Gasteiger partial charge in [-0.3, -0.25) is 0 Å². The van der Waals surface area contributed by atoms with E-state index in [0.29, 0.717) is 18.2 Å². The second-order valence-electron chi connectivity index (χ2n) is 4.91. The Morgan fingerprint density at radius 3 is 2.74 bits per heavy atom. The fourth-order valence-corrected chi connectivity index (χ4v) is 2.37. The van der Waals surface area contributed by atoms with Gasteiger partial charge in [0.15, 0.2) is 5.96 Å². The van der Waals surface area contributed by atoms with Crippen LogP contribution in [0.1, 0.15) is 38.2 Å². The van der Waals surface area contributed by atoms with Crippen molar-refractivity contribution in [2.24, 2.45) is 4.99 Å². The molecule has 2 rings (SSSR count). The highest BCUT2D eigenvalue weighted by Gasteiger charge is 2.15. The lowest BCUT2D eigenvalue weighted by molar-refractivity contribution is 0.603. The van der Waals surface area contributed by atoms with Crippen LogP contribution < -0.4 is 10.6 Å². The van der Waals surface area contributed by atoms with E-state index >= 15 is 0 Å². The molecular formula is C15H22FN3. The first kappa shape index (κ1) is 13.8. The summed E-state index contributed by atoms with van der Waals surface area (Å²) in [5, 5.41) is 6.64. The normalized spacial score (nSPS) is 16.6. The van der Waals surface area contributed by atoms with Crippen molar-refractivity contribution in [2.45, 2.75) is 45.2 Å². The van der Waals surface area contributed by atoms with Crippen molar-refractivity contribution >= 4 is 5.96 Å². The molecule has 1 fully saturated rings. The molecule has 0 radical (unpaired) electrons. The van der Waals surface area contributed by atoms with Gasteiger partial charge in [-0.1, -0.05) is 31.0 Å². The van der Waals surface area contributed by atoms with Crippen molar-refractivity contribution in [3.8, 4) is 0 Å². The lowest BCUT2D eigenvalue weighted by Crippen LogP contribution is -2.42. The van der Waals surface area contributed by atoms with E-state index < -0.39 is 0 Å². The first-order valence-electron chi connectivity index (χ1n) is 7.08. The Labute approximate surface area is 114 Å². The van der Waals surface area contributed by atoms with Gasteiger partial charge in [0.05, 0.1) is 6.54 Å². The minimum absolute atomic E-state index is 0.192. The standard InChI is InChI=1S/C15H22FN3/c1-2-17-15(19-13-8-4-5-9-13)18-11-12-7-3-6-10-14(12)16/h3,6-7,10,13H,2,4-5,8-9,11H2,1H3,(H2,17,18,19). The van der Waals surface area contributed by atoms with Crippen LogP contribution in [-0.4, -0.2) is 18.5 Å². The fraction of sp³-hybridized carbons (Fsp3) is 0.533. The van der Waals surface area contributed by atoms with Gasteiger partial charge in [0.2, 0.25) is 0 Å². The molecule has 0 heterocycles. The van der Waals surface area contributed by atoms with Crippen molar-refractivity contribution < 1.29 is 4.39 Å². The maximum Gasteiger partial charge on any atom is 0.191 e. The molecule has 104 valence electrons. The molecule has 1 saturated carbocycles. The monoisotopic (exact) mass is 263 g/mol. The van der Waals surface area contributed by atoms with E-state index in [1.807, 2.05) is 13.0 Å². The van der Waals surface area contributed by atoms with Crippen LogP contribution >= 0.6 is 0 Å². The van der Waals surface area contributed by atoms with E-state index in [-0.39, 0.29) is 5.82 Å². The number of halogens is 1. The van der Waals surface area contributed by atoms with E-state index in [9.17, 15) is 4.39 Å².